The molecule has 3 rings (SSSR count). The molecular formula is C23H30N6O6. The van der Waals surface area contributed by atoms with E-state index in [1.165, 1.54) is 11.8 Å². The number of carbonyl (C=O) groups excluding carboxylic acids is 4. The van der Waals surface area contributed by atoms with Crippen LogP contribution in [0.15, 0.2) is 30.5 Å². The summed E-state index contributed by atoms with van der Waals surface area (Å²) in [5.74, 6) is -3.74. The van der Waals surface area contributed by atoms with Gasteiger partial charge in [0.15, 0.2) is 0 Å². The van der Waals surface area contributed by atoms with Crippen LogP contribution in [0, 0.1) is 0 Å². The zero-order valence-electron chi connectivity index (χ0n) is 19.3. The standard InChI is InChI=1S/C23H30N6O6/c1-12(27-21(32)18-7-4-8-29(18)22(33)15(24)10-19(25)30)20(31)28-17(23(34)35)9-13-11-26-16-6-3-2-5-14(13)16/h2-3,5-6,11-12,15,17-18,26H,4,7-10,24H2,1H3,(H2,25,30)(H,27,32)(H,28,31)(H,34,35). The number of aliphatic carboxylic acids is 1. The molecule has 0 spiro atoms. The van der Waals surface area contributed by atoms with E-state index in [0.717, 1.165) is 16.5 Å². The fourth-order valence-corrected chi connectivity index (χ4v) is 4.21. The highest BCUT2D eigenvalue weighted by Gasteiger charge is 2.37. The second-order valence-electron chi connectivity index (χ2n) is 8.66. The van der Waals surface area contributed by atoms with Crippen molar-refractivity contribution in [3.63, 3.8) is 0 Å². The number of aromatic amines is 1. The smallest absolute Gasteiger partial charge is 0.326 e. The fourth-order valence-electron chi connectivity index (χ4n) is 4.21. The Morgan fingerprint density at radius 3 is 2.60 bits per heavy atom. The van der Waals surface area contributed by atoms with Crippen molar-refractivity contribution in [3.05, 3.63) is 36.0 Å². The lowest BCUT2D eigenvalue weighted by Gasteiger charge is -2.27. The number of nitrogens with zero attached hydrogens (tertiary/aromatic N) is 1. The Kier molecular flexibility index (Phi) is 8.07. The van der Waals surface area contributed by atoms with Crippen molar-refractivity contribution in [2.24, 2.45) is 11.5 Å². The first kappa shape index (κ1) is 25.7. The molecule has 188 valence electrons. The molecule has 1 fully saturated rings. The molecule has 1 aliphatic heterocycles. The molecule has 0 saturated carbocycles. The summed E-state index contributed by atoms with van der Waals surface area (Å²) in [4.78, 5) is 65.3. The van der Waals surface area contributed by atoms with Crippen molar-refractivity contribution in [2.75, 3.05) is 6.54 Å². The van der Waals surface area contributed by atoms with Gasteiger partial charge >= 0.3 is 5.97 Å². The molecule has 1 aromatic carbocycles. The highest BCUT2D eigenvalue weighted by Crippen LogP contribution is 2.20. The number of rotatable bonds is 10. The second-order valence-corrected chi connectivity index (χ2v) is 8.66. The van der Waals surface area contributed by atoms with Gasteiger partial charge in [-0.05, 0) is 31.4 Å². The summed E-state index contributed by atoms with van der Waals surface area (Å²) in [6.45, 7) is 1.72. The van der Waals surface area contributed by atoms with Crippen LogP contribution in [-0.4, -0.2) is 75.3 Å². The van der Waals surface area contributed by atoms with E-state index in [4.69, 9.17) is 11.5 Å². The van der Waals surface area contributed by atoms with E-state index < -0.39 is 53.8 Å². The van der Waals surface area contributed by atoms with E-state index in [1.807, 2.05) is 24.3 Å². The number of hydrogen-bond donors (Lipinski definition) is 6. The summed E-state index contributed by atoms with van der Waals surface area (Å²) < 4.78 is 0. The lowest BCUT2D eigenvalue weighted by Crippen LogP contribution is -2.56. The lowest BCUT2D eigenvalue weighted by atomic mass is 10.0. The van der Waals surface area contributed by atoms with E-state index in [2.05, 4.69) is 15.6 Å². The number of hydrogen-bond acceptors (Lipinski definition) is 6. The number of aromatic nitrogens is 1. The van der Waals surface area contributed by atoms with Crippen LogP contribution in [0.2, 0.25) is 0 Å². The number of carboxylic acid groups (broad SMARTS) is 1. The zero-order chi connectivity index (χ0) is 25.7. The van der Waals surface area contributed by atoms with Crippen LogP contribution < -0.4 is 22.1 Å². The number of carbonyl (C=O) groups is 5. The Bertz CT molecular complexity index is 1130. The summed E-state index contributed by atoms with van der Waals surface area (Å²) >= 11 is 0. The van der Waals surface area contributed by atoms with Crippen molar-refractivity contribution in [1.82, 2.24) is 20.5 Å². The molecule has 4 unspecified atom stereocenters. The molecule has 0 aliphatic carbocycles. The predicted molar refractivity (Wildman–Crippen MR) is 126 cm³/mol. The number of fused-ring (bicyclic) bond motifs is 1. The summed E-state index contributed by atoms with van der Waals surface area (Å²) in [6.07, 6.45) is 2.34. The molecule has 0 radical (unpaired) electrons. The summed E-state index contributed by atoms with van der Waals surface area (Å²) in [5.41, 5.74) is 12.4. The average Bonchev–Trinajstić information content (AvgIpc) is 3.45. The number of para-hydroxylation sites is 1. The van der Waals surface area contributed by atoms with Crippen LogP contribution in [0.4, 0.5) is 0 Å². The molecule has 2 aromatic rings. The number of primary amides is 1. The molecule has 0 bridgehead atoms. The van der Waals surface area contributed by atoms with Gasteiger partial charge in [0, 0.05) is 30.1 Å². The van der Waals surface area contributed by atoms with Gasteiger partial charge in [-0.3, -0.25) is 19.2 Å². The topological polar surface area (TPSA) is 201 Å². The molecule has 1 saturated heterocycles. The van der Waals surface area contributed by atoms with Gasteiger partial charge in [0.2, 0.25) is 23.6 Å². The van der Waals surface area contributed by atoms with Gasteiger partial charge in [0.05, 0.1) is 12.5 Å². The van der Waals surface area contributed by atoms with Gasteiger partial charge < -0.3 is 37.1 Å². The van der Waals surface area contributed by atoms with Crippen LogP contribution in [0.1, 0.15) is 31.7 Å². The third-order valence-electron chi connectivity index (χ3n) is 6.04. The molecule has 1 aromatic heterocycles. The first-order chi connectivity index (χ1) is 16.6. The second kappa shape index (κ2) is 11.0. The quantitative estimate of drug-likeness (QED) is 0.247. The molecule has 2 heterocycles. The number of amides is 4. The van der Waals surface area contributed by atoms with Crippen molar-refractivity contribution < 1.29 is 29.1 Å². The van der Waals surface area contributed by atoms with E-state index in [1.54, 1.807) is 6.20 Å². The molecule has 12 nitrogen and oxygen atoms in total. The minimum atomic E-state index is -1.21. The number of nitrogens with one attached hydrogen (secondary N) is 3. The van der Waals surface area contributed by atoms with Gasteiger partial charge in [0.1, 0.15) is 18.1 Å². The van der Waals surface area contributed by atoms with Gasteiger partial charge in [-0.25, -0.2) is 4.79 Å². The van der Waals surface area contributed by atoms with E-state index >= 15 is 0 Å². The Morgan fingerprint density at radius 2 is 1.91 bits per heavy atom. The van der Waals surface area contributed by atoms with E-state index in [0.29, 0.717) is 12.8 Å². The molecule has 4 amide bonds. The van der Waals surface area contributed by atoms with Crippen LogP contribution in [0.25, 0.3) is 10.9 Å². The number of likely N-dealkylation sites (tertiary alicyclic amines) is 1. The highest BCUT2D eigenvalue weighted by molar-refractivity contribution is 5.95. The Hall–Kier alpha value is -3.93. The largest absolute Gasteiger partial charge is 0.480 e. The monoisotopic (exact) mass is 486 g/mol. The molecular weight excluding hydrogens is 456 g/mol. The minimum Gasteiger partial charge on any atom is -0.480 e. The number of carboxylic acids is 1. The van der Waals surface area contributed by atoms with Gasteiger partial charge in [0.25, 0.3) is 0 Å². The zero-order valence-corrected chi connectivity index (χ0v) is 19.3. The summed E-state index contributed by atoms with van der Waals surface area (Å²) in [6, 6.07) is 3.15. The van der Waals surface area contributed by atoms with Crippen LogP contribution in [0.5, 0.6) is 0 Å². The van der Waals surface area contributed by atoms with E-state index in [9.17, 15) is 29.1 Å². The number of nitrogens with two attached hydrogens (primary N) is 2. The minimum absolute atomic E-state index is 0.0500. The van der Waals surface area contributed by atoms with E-state index in [-0.39, 0.29) is 19.4 Å². The first-order valence-corrected chi connectivity index (χ1v) is 11.3. The normalized spacial score (nSPS) is 18.0. The average molecular weight is 487 g/mol. The van der Waals surface area contributed by atoms with Crippen molar-refractivity contribution in [3.8, 4) is 0 Å². The molecule has 12 heteroatoms. The Morgan fingerprint density at radius 1 is 1.20 bits per heavy atom. The third kappa shape index (κ3) is 6.15. The summed E-state index contributed by atoms with van der Waals surface area (Å²) in [7, 11) is 0. The molecule has 1 aliphatic rings. The van der Waals surface area contributed by atoms with Gasteiger partial charge in [-0.2, -0.15) is 0 Å². The van der Waals surface area contributed by atoms with Crippen LogP contribution in [0.3, 0.4) is 0 Å². The van der Waals surface area contributed by atoms with Crippen molar-refractivity contribution in [1.29, 1.82) is 0 Å². The maximum absolute atomic E-state index is 12.8. The highest BCUT2D eigenvalue weighted by atomic mass is 16.4. The number of H-pyrrole nitrogens is 1. The SMILES string of the molecule is CC(NC(=O)C1CCCN1C(=O)C(N)CC(N)=O)C(=O)NC(Cc1c[nH]c2ccccc12)C(=O)O. The van der Waals surface area contributed by atoms with Crippen LogP contribution >= 0.6 is 0 Å². The summed E-state index contributed by atoms with van der Waals surface area (Å²) in [5, 5.41) is 15.5. The maximum Gasteiger partial charge on any atom is 0.326 e. The van der Waals surface area contributed by atoms with Crippen LogP contribution in [-0.2, 0) is 30.4 Å². The Labute approximate surface area is 201 Å². The van der Waals surface area contributed by atoms with Gasteiger partial charge in [-0.15, -0.1) is 0 Å². The van der Waals surface area contributed by atoms with Gasteiger partial charge in [-0.1, -0.05) is 18.2 Å². The number of benzene rings is 1. The van der Waals surface area contributed by atoms with Crippen molar-refractivity contribution in [2.45, 2.75) is 56.8 Å². The fraction of sp³-hybridized carbons (Fsp3) is 0.435. The maximum atomic E-state index is 12.8. The first-order valence-electron chi connectivity index (χ1n) is 11.3. The molecule has 8 N–H and O–H groups in total. The lowest BCUT2D eigenvalue weighted by molar-refractivity contribution is -0.143. The molecule has 35 heavy (non-hydrogen) atoms. The Balaban J connectivity index is 1.60. The predicted octanol–water partition coefficient (Wildman–Crippen LogP) is -1.02. The third-order valence-corrected chi connectivity index (χ3v) is 6.04. The molecule has 4 atom stereocenters. The van der Waals surface area contributed by atoms with Crippen molar-refractivity contribution >= 4 is 40.5 Å².